The number of hydrogen-bond donors (Lipinski definition) is 1. The van der Waals surface area contributed by atoms with Crippen LogP contribution in [0.1, 0.15) is 17.5 Å². The SMILES string of the molecule is COC(=O)C1C(NCCc2ccnc3ccc(OC)cc23)CCN1CC=Cc1cc(F)ccc1F. The fourth-order valence-electron chi connectivity index (χ4n) is 4.59. The molecule has 2 atom stereocenters. The largest absolute Gasteiger partial charge is 0.497 e. The van der Waals surface area contributed by atoms with Crippen LogP contribution in [0.15, 0.2) is 54.7 Å². The van der Waals surface area contributed by atoms with Gasteiger partial charge in [-0.25, -0.2) is 8.78 Å². The molecule has 1 saturated heterocycles. The Hall–Kier alpha value is -3.36. The highest BCUT2D eigenvalue weighted by Crippen LogP contribution is 2.24. The minimum Gasteiger partial charge on any atom is -0.497 e. The molecule has 2 aromatic carbocycles. The first kappa shape index (κ1) is 24.8. The summed E-state index contributed by atoms with van der Waals surface area (Å²) in [6, 6.07) is 10.6. The molecule has 0 bridgehead atoms. The molecule has 4 rings (SSSR count). The van der Waals surface area contributed by atoms with E-state index in [2.05, 4.69) is 10.3 Å². The highest BCUT2D eigenvalue weighted by molar-refractivity contribution is 5.83. The number of halogens is 2. The van der Waals surface area contributed by atoms with E-state index in [1.807, 2.05) is 29.2 Å². The number of carbonyl (C=O) groups is 1. The van der Waals surface area contributed by atoms with Gasteiger partial charge in [0.2, 0.25) is 0 Å². The lowest BCUT2D eigenvalue weighted by Crippen LogP contribution is -2.48. The van der Waals surface area contributed by atoms with Gasteiger partial charge in [-0.3, -0.25) is 14.7 Å². The Kier molecular flexibility index (Phi) is 8.05. The average Bonchev–Trinajstić information content (AvgIpc) is 3.28. The lowest BCUT2D eigenvalue weighted by atomic mass is 10.0. The smallest absolute Gasteiger partial charge is 0.324 e. The third-order valence-corrected chi connectivity index (χ3v) is 6.38. The summed E-state index contributed by atoms with van der Waals surface area (Å²) in [6.45, 7) is 1.78. The number of likely N-dealkylation sites (tertiary alicyclic amines) is 1. The van der Waals surface area contributed by atoms with Gasteiger partial charge < -0.3 is 14.8 Å². The van der Waals surface area contributed by atoms with E-state index in [9.17, 15) is 13.6 Å². The van der Waals surface area contributed by atoms with Gasteiger partial charge in [-0.2, -0.15) is 0 Å². The van der Waals surface area contributed by atoms with Crippen molar-refractivity contribution in [2.24, 2.45) is 0 Å². The number of esters is 1. The Morgan fingerprint density at radius 2 is 2.06 bits per heavy atom. The van der Waals surface area contributed by atoms with Gasteiger partial charge in [-0.15, -0.1) is 0 Å². The Labute approximate surface area is 203 Å². The van der Waals surface area contributed by atoms with Gasteiger partial charge in [0.05, 0.1) is 19.7 Å². The van der Waals surface area contributed by atoms with E-state index < -0.39 is 17.7 Å². The van der Waals surface area contributed by atoms with Crippen LogP contribution in [-0.4, -0.2) is 61.8 Å². The summed E-state index contributed by atoms with van der Waals surface area (Å²) in [6.07, 6.45) is 6.61. The summed E-state index contributed by atoms with van der Waals surface area (Å²) in [5.41, 5.74) is 2.23. The third-order valence-electron chi connectivity index (χ3n) is 6.38. The number of nitrogens with zero attached hydrogens (tertiary/aromatic N) is 2. The number of fused-ring (bicyclic) bond motifs is 1. The molecule has 8 heteroatoms. The molecule has 0 spiro atoms. The number of ether oxygens (including phenoxy) is 2. The van der Waals surface area contributed by atoms with Crippen molar-refractivity contribution >= 4 is 22.9 Å². The number of methoxy groups -OCH3 is 2. The predicted molar refractivity (Wildman–Crippen MR) is 131 cm³/mol. The van der Waals surface area contributed by atoms with Crippen LogP contribution in [-0.2, 0) is 16.0 Å². The van der Waals surface area contributed by atoms with Crippen LogP contribution in [0.3, 0.4) is 0 Å². The average molecular weight is 482 g/mol. The second-order valence-corrected chi connectivity index (χ2v) is 8.48. The predicted octanol–water partition coefficient (Wildman–Crippen LogP) is 3.98. The molecule has 1 aliphatic heterocycles. The molecule has 1 aliphatic rings. The lowest BCUT2D eigenvalue weighted by Gasteiger charge is -2.25. The third kappa shape index (κ3) is 5.83. The van der Waals surface area contributed by atoms with E-state index in [4.69, 9.17) is 9.47 Å². The lowest BCUT2D eigenvalue weighted by molar-refractivity contribution is -0.146. The van der Waals surface area contributed by atoms with Gasteiger partial charge in [0.15, 0.2) is 0 Å². The molecule has 0 aliphatic carbocycles. The molecule has 2 unspecified atom stereocenters. The molecule has 2 heterocycles. The van der Waals surface area contributed by atoms with Crippen LogP contribution in [0.2, 0.25) is 0 Å². The first-order valence-electron chi connectivity index (χ1n) is 11.6. The minimum absolute atomic E-state index is 0.0793. The molecule has 1 aromatic heterocycles. The molecule has 0 amide bonds. The highest BCUT2D eigenvalue weighted by atomic mass is 19.1. The topological polar surface area (TPSA) is 63.7 Å². The highest BCUT2D eigenvalue weighted by Gasteiger charge is 2.39. The molecule has 3 aromatic rings. The van der Waals surface area contributed by atoms with Crippen molar-refractivity contribution in [1.29, 1.82) is 0 Å². The van der Waals surface area contributed by atoms with Crippen molar-refractivity contribution in [1.82, 2.24) is 15.2 Å². The molecule has 35 heavy (non-hydrogen) atoms. The molecular weight excluding hydrogens is 452 g/mol. The van der Waals surface area contributed by atoms with E-state index in [1.54, 1.807) is 19.4 Å². The second-order valence-electron chi connectivity index (χ2n) is 8.48. The van der Waals surface area contributed by atoms with Gasteiger partial charge in [0.25, 0.3) is 0 Å². The van der Waals surface area contributed by atoms with Crippen LogP contribution in [0.25, 0.3) is 17.0 Å². The minimum atomic E-state index is -0.496. The fourth-order valence-corrected chi connectivity index (χ4v) is 4.59. The Morgan fingerprint density at radius 3 is 2.86 bits per heavy atom. The van der Waals surface area contributed by atoms with E-state index in [-0.39, 0.29) is 17.6 Å². The zero-order chi connectivity index (χ0) is 24.8. The number of hydrogen-bond acceptors (Lipinski definition) is 6. The zero-order valence-corrected chi connectivity index (χ0v) is 19.8. The monoisotopic (exact) mass is 481 g/mol. The molecular formula is C27H29F2N3O3. The van der Waals surface area contributed by atoms with Crippen LogP contribution >= 0.6 is 0 Å². The van der Waals surface area contributed by atoms with Crippen molar-refractivity contribution < 1.29 is 23.0 Å². The fraction of sp³-hybridized carbons (Fsp3) is 0.333. The molecule has 1 N–H and O–H groups in total. The van der Waals surface area contributed by atoms with E-state index in [1.165, 1.54) is 13.2 Å². The van der Waals surface area contributed by atoms with Gasteiger partial charge in [0.1, 0.15) is 23.4 Å². The summed E-state index contributed by atoms with van der Waals surface area (Å²) in [7, 11) is 3.02. The van der Waals surface area contributed by atoms with Crippen LogP contribution < -0.4 is 10.1 Å². The number of benzene rings is 2. The van der Waals surface area contributed by atoms with Gasteiger partial charge >= 0.3 is 5.97 Å². The quantitative estimate of drug-likeness (QED) is 0.467. The summed E-state index contributed by atoms with van der Waals surface area (Å²) in [5.74, 6) is -0.522. The maximum absolute atomic E-state index is 13.9. The maximum Gasteiger partial charge on any atom is 0.324 e. The van der Waals surface area contributed by atoms with Gasteiger partial charge in [-0.1, -0.05) is 12.2 Å². The molecule has 1 fully saturated rings. The van der Waals surface area contributed by atoms with Gasteiger partial charge in [0, 0.05) is 36.3 Å². The van der Waals surface area contributed by atoms with Crippen LogP contribution in [0.5, 0.6) is 5.75 Å². The summed E-state index contributed by atoms with van der Waals surface area (Å²) in [4.78, 5) is 19.0. The van der Waals surface area contributed by atoms with E-state index in [0.717, 1.165) is 53.3 Å². The normalized spacial score (nSPS) is 18.4. The summed E-state index contributed by atoms with van der Waals surface area (Å²) >= 11 is 0. The molecule has 184 valence electrons. The van der Waals surface area contributed by atoms with Crippen LogP contribution in [0, 0.1) is 11.6 Å². The van der Waals surface area contributed by atoms with Crippen molar-refractivity contribution in [3.63, 3.8) is 0 Å². The number of pyridine rings is 1. The first-order valence-corrected chi connectivity index (χ1v) is 11.6. The van der Waals surface area contributed by atoms with Crippen LogP contribution in [0.4, 0.5) is 8.78 Å². The number of aromatic nitrogens is 1. The van der Waals surface area contributed by atoms with Gasteiger partial charge in [-0.05, 0) is 67.4 Å². The first-order chi connectivity index (χ1) is 17.0. The summed E-state index contributed by atoms with van der Waals surface area (Å²) < 4.78 is 37.7. The van der Waals surface area contributed by atoms with Crippen molar-refractivity contribution in [3.8, 4) is 5.75 Å². The number of rotatable bonds is 9. The standard InChI is InChI=1S/C27H29F2N3O3/c1-34-21-6-8-24-22(17-21)18(9-12-30-24)10-13-31-25-11-15-32(26(25)27(33)35-2)14-3-4-19-16-20(28)5-7-23(19)29/h3-9,12,16-17,25-26,31H,10-11,13-15H2,1-2H3. The molecule has 0 radical (unpaired) electrons. The Bertz CT molecular complexity index is 1220. The van der Waals surface area contributed by atoms with E-state index in [0.29, 0.717) is 19.6 Å². The van der Waals surface area contributed by atoms with Crippen molar-refractivity contribution in [2.45, 2.75) is 24.9 Å². The van der Waals surface area contributed by atoms with Crippen molar-refractivity contribution in [2.75, 3.05) is 33.9 Å². The molecule has 0 saturated carbocycles. The van der Waals surface area contributed by atoms with E-state index >= 15 is 0 Å². The Morgan fingerprint density at radius 1 is 1.20 bits per heavy atom. The maximum atomic E-state index is 13.9. The summed E-state index contributed by atoms with van der Waals surface area (Å²) in [5, 5.41) is 4.56. The second kappa shape index (κ2) is 11.4. The van der Waals surface area contributed by atoms with Crippen molar-refractivity contribution in [3.05, 3.63) is 77.5 Å². The zero-order valence-electron chi connectivity index (χ0n) is 19.8. The molecule has 6 nitrogen and oxygen atoms in total. The number of carbonyl (C=O) groups excluding carboxylic acids is 1. The Balaban J connectivity index is 1.40. The number of nitrogens with one attached hydrogen (secondary N) is 1.